The summed E-state index contributed by atoms with van der Waals surface area (Å²) < 4.78 is 11.3. The Morgan fingerprint density at radius 1 is 1.35 bits per heavy atom. The van der Waals surface area contributed by atoms with E-state index in [0.717, 1.165) is 24.2 Å². The molecule has 6 nitrogen and oxygen atoms in total. The zero-order chi connectivity index (χ0) is 18.8. The van der Waals surface area contributed by atoms with Gasteiger partial charge in [-0.05, 0) is 18.4 Å². The minimum atomic E-state index is -0.638. The second kappa shape index (κ2) is 10.3. The molecule has 1 amide bonds. The van der Waals surface area contributed by atoms with Crippen LogP contribution < -0.4 is 5.32 Å². The first-order valence-electron chi connectivity index (χ1n) is 8.82. The van der Waals surface area contributed by atoms with Crippen molar-refractivity contribution in [2.45, 2.75) is 33.1 Å². The van der Waals surface area contributed by atoms with Crippen LogP contribution in [-0.2, 0) is 14.3 Å². The average Bonchev–Trinajstić information content (AvgIpc) is 2.64. The van der Waals surface area contributed by atoms with Crippen molar-refractivity contribution in [1.29, 1.82) is 0 Å². The van der Waals surface area contributed by atoms with Gasteiger partial charge in [0.15, 0.2) is 5.76 Å². The Bertz CT molecular complexity index is 680. The molecular formula is C20H26N2O4. The zero-order valence-corrected chi connectivity index (χ0v) is 15.5. The molecule has 0 spiro atoms. The first-order chi connectivity index (χ1) is 12.6. The Hall–Kier alpha value is -2.76. The Labute approximate surface area is 154 Å². The SMILES string of the molecule is CCCCOC1=C(OC)C=C(NC(=O)O/N=C/c2ccccc2)CC1C. The lowest BCUT2D eigenvalue weighted by atomic mass is 9.97. The van der Waals surface area contributed by atoms with Crippen molar-refractivity contribution in [1.82, 2.24) is 5.32 Å². The van der Waals surface area contributed by atoms with Crippen molar-refractivity contribution < 1.29 is 19.1 Å². The number of oxime groups is 1. The number of carbonyl (C=O) groups is 1. The summed E-state index contributed by atoms with van der Waals surface area (Å²) in [6.45, 7) is 4.82. The van der Waals surface area contributed by atoms with Gasteiger partial charge in [0.25, 0.3) is 0 Å². The predicted molar refractivity (Wildman–Crippen MR) is 100 cm³/mol. The summed E-state index contributed by atoms with van der Waals surface area (Å²) in [6.07, 6.45) is 5.31. The molecule has 0 saturated heterocycles. The lowest BCUT2D eigenvalue weighted by Crippen LogP contribution is -2.26. The van der Waals surface area contributed by atoms with Crippen LogP contribution in [0.2, 0.25) is 0 Å². The monoisotopic (exact) mass is 358 g/mol. The van der Waals surface area contributed by atoms with E-state index in [1.165, 1.54) is 6.21 Å². The molecule has 1 aliphatic rings. The molecule has 0 aliphatic heterocycles. The van der Waals surface area contributed by atoms with E-state index in [1.807, 2.05) is 37.3 Å². The fourth-order valence-electron chi connectivity index (χ4n) is 2.57. The fraction of sp³-hybridized carbons (Fsp3) is 0.400. The third-order valence-corrected chi connectivity index (χ3v) is 3.90. The van der Waals surface area contributed by atoms with Crippen LogP contribution in [0.4, 0.5) is 4.79 Å². The molecule has 140 valence electrons. The standard InChI is InChI=1S/C20H26N2O4/c1-4-5-11-25-19-15(2)12-17(13-18(19)24-3)22-20(23)26-21-14-16-9-7-6-8-10-16/h6-10,13-15H,4-5,11-12H2,1-3H3,(H,22,23)/b21-14+. The molecule has 1 atom stereocenters. The molecule has 0 saturated carbocycles. The van der Waals surface area contributed by atoms with Gasteiger partial charge in [-0.3, -0.25) is 10.2 Å². The number of hydrogen-bond donors (Lipinski definition) is 1. The van der Waals surface area contributed by atoms with Crippen molar-refractivity contribution in [3.05, 3.63) is 59.2 Å². The number of ether oxygens (including phenoxy) is 2. The summed E-state index contributed by atoms with van der Waals surface area (Å²) in [7, 11) is 1.59. The molecule has 1 aromatic rings. The van der Waals surface area contributed by atoms with Gasteiger partial charge >= 0.3 is 6.09 Å². The number of carbonyl (C=O) groups excluding carboxylic acids is 1. The summed E-state index contributed by atoms with van der Waals surface area (Å²) >= 11 is 0. The van der Waals surface area contributed by atoms with E-state index in [0.29, 0.717) is 24.5 Å². The first kappa shape index (κ1) is 19.6. The molecule has 0 bridgehead atoms. The number of allylic oxidation sites excluding steroid dienone is 3. The van der Waals surface area contributed by atoms with Gasteiger partial charge in [-0.15, -0.1) is 0 Å². The topological polar surface area (TPSA) is 69.2 Å². The highest BCUT2D eigenvalue weighted by Crippen LogP contribution is 2.29. The minimum absolute atomic E-state index is 0.106. The molecule has 0 fully saturated rings. The zero-order valence-electron chi connectivity index (χ0n) is 15.5. The number of unbranched alkanes of at least 4 members (excludes halogenated alkanes) is 1. The van der Waals surface area contributed by atoms with Gasteiger partial charge in [0.1, 0.15) is 5.76 Å². The Kier molecular flexibility index (Phi) is 7.74. The summed E-state index contributed by atoms with van der Waals surface area (Å²) in [4.78, 5) is 16.8. The van der Waals surface area contributed by atoms with Gasteiger partial charge in [0.2, 0.25) is 0 Å². The molecule has 0 aromatic heterocycles. The van der Waals surface area contributed by atoms with Gasteiger partial charge in [-0.1, -0.05) is 55.8 Å². The van der Waals surface area contributed by atoms with Crippen LogP contribution in [0.5, 0.6) is 0 Å². The van der Waals surface area contributed by atoms with Gasteiger partial charge < -0.3 is 9.47 Å². The maximum atomic E-state index is 11.9. The van der Waals surface area contributed by atoms with Crippen LogP contribution in [0.1, 0.15) is 38.7 Å². The Morgan fingerprint density at radius 2 is 2.12 bits per heavy atom. The molecule has 1 aromatic carbocycles. The van der Waals surface area contributed by atoms with Crippen LogP contribution in [0.25, 0.3) is 0 Å². The molecule has 6 heteroatoms. The van der Waals surface area contributed by atoms with Crippen LogP contribution in [0.3, 0.4) is 0 Å². The highest BCUT2D eigenvalue weighted by molar-refractivity contribution is 5.80. The smallest absolute Gasteiger partial charge is 0.437 e. The second-order valence-electron chi connectivity index (χ2n) is 6.06. The summed E-state index contributed by atoms with van der Waals surface area (Å²) in [5, 5.41) is 6.40. The fourth-order valence-corrected chi connectivity index (χ4v) is 2.57. The largest absolute Gasteiger partial charge is 0.494 e. The van der Waals surface area contributed by atoms with Gasteiger partial charge in [-0.25, -0.2) is 4.79 Å². The van der Waals surface area contributed by atoms with E-state index in [2.05, 4.69) is 17.4 Å². The number of nitrogens with one attached hydrogen (secondary N) is 1. The van der Waals surface area contributed by atoms with E-state index in [9.17, 15) is 4.79 Å². The molecule has 1 unspecified atom stereocenters. The van der Waals surface area contributed by atoms with E-state index in [-0.39, 0.29) is 5.92 Å². The first-order valence-corrected chi connectivity index (χ1v) is 8.82. The molecule has 0 radical (unpaired) electrons. The van der Waals surface area contributed by atoms with Crippen molar-refractivity contribution in [3.8, 4) is 0 Å². The highest BCUT2D eigenvalue weighted by atomic mass is 16.7. The third-order valence-electron chi connectivity index (χ3n) is 3.90. The van der Waals surface area contributed by atoms with Gasteiger partial charge in [0, 0.05) is 17.7 Å². The van der Waals surface area contributed by atoms with E-state index >= 15 is 0 Å². The van der Waals surface area contributed by atoms with E-state index in [1.54, 1.807) is 13.2 Å². The molecule has 1 aliphatic carbocycles. The normalized spacial score (nSPS) is 17.0. The molecule has 1 N–H and O–H groups in total. The Morgan fingerprint density at radius 3 is 2.81 bits per heavy atom. The Balaban J connectivity index is 1.93. The van der Waals surface area contributed by atoms with Gasteiger partial charge in [0.05, 0.1) is 19.9 Å². The number of nitrogens with zero attached hydrogens (tertiary/aromatic N) is 1. The number of amides is 1. The van der Waals surface area contributed by atoms with Crippen molar-refractivity contribution in [3.63, 3.8) is 0 Å². The van der Waals surface area contributed by atoms with E-state index in [4.69, 9.17) is 14.3 Å². The summed E-state index contributed by atoms with van der Waals surface area (Å²) in [5.74, 6) is 1.56. The lowest BCUT2D eigenvalue weighted by Gasteiger charge is -2.25. The van der Waals surface area contributed by atoms with Crippen molar-refractivity contribution in [2.24, 2.45) is 11.1 Å². The summed E-state index contributed by atoms with van der Waals surface area (Å²) in [6, 6.07) is 9.41. The third kappa shape index (κ3) is 5.95. The quantitative estimate of drug-likeness (QED) is 0.325. The minimum Gasteiger partial charge on any atom is -0.494 e. The van der Waals surface area contributed by atoms with Crippen molar-refractivity contribution >= 4 is 12.3 Å². The van der Waals surface area contributed by atoms with Crippen LogP contribution >= 0.6 is 0 Å². The average molecular weight is 358 g/mol. The summed E-state index contributed by atoms with van der Waals surface area (Å²) in [5.41, 5.74) is 1.56. The lowest BCUT2D eigenvalue weighted by molar-refractivity contribution is 0.142. The highest BCUT2D eigenvalue weighted by Gasteiger charge is 2.24. The molecule has 26 heavy (non-hydrogen) atoms. The maximum Gasteiger partial charge on any atom is 0.437 e. The van der Waals surface area contributed by atoms with Crippen LogP contribution in [0.15, 0.2) is 58.8 Å². The molecular weight excluding hydrogens is 332 g/mol. The number of benzene rings is 1. The predicted octanol–water partition coefficient (Wildman–Crippen LogP) is 4.35. The molecule has 0 heterocycles. The second-order valence-corrected chi connectivity index (χ2v) is 6.06. The maximum absolute atomic E-state index is 11.9. The van der Waals surface area contributed by atoms with E-state index < -0.39 is 6.09 Å². The van der Waals surface area contributed by atoms with Gasteiger partial charge in [-0.2, -0.15) is 0 Å². The van der Waals surface area contributed by atoms with Crippen LogP contribution in [0, 0.1) is 5.92 Å². The number of hydrogen-bond acceptors (Lipinski definition) is 5. The molecule has 2 rings (SSSR count). The van der Waals surface area contributed by atoms with Crippen molar-refractivity contribution in [2.75, 3.05) is 13.7 Å². The number of rotatable bonds is 8. The van der Waals surface area contributed by atoms with Crippen LogP contribution in [-0.4, -0.2) is 26.0 Å². The number of methoxy groups -OCH3 is 1.